The summed E-state index contributed by atoms with van der Waals surface area (Å²) >= 11 is 0. The fraction of sp³-hybridized carbons (Fsp3) is 0.0588. The van der Waals surface area contributed by atoms with Crippen LogP contribution in [0.3, 0.4) is 0 Å². The predicted octanol–water partition coefficient (Wildman–Crippen LogP) is 3.83. The van der Waals surface area contributed by atoms with Crippen LogP contribution >= 0.6 is 0 Å². The van der Waals surface area contributed by atoms with Crippen molar-refractivity contribution in [2.75, 3.05) is 5.32 Å². The lowest BCUT2D eigenvalue weighted by Gasteiger charge is -2.27. The van der Waals surface area contributed by atoms with E-state index >= 15 is 0 Å². The van der Waals surface area contributed by atoms with Crippen molar-refractivity contribution in [1.82, 2.24) is 4.98 Å². The van der Waals surface area contributed by atoms with Crippen LogP contribution in [-0.4, -0.2) is 10.9 Å². The van der Waals surface area contributed by atoms with Crippen LogP contribution < -0.4 is 10.1 Å². The van der Waals surface area contributed by atoms with Gasteiger partial charge in [0.25, 0.3) is 0 Å². The number of rotatable bonds is 2. The Morgan fingerprint density at radius 1 is 1.04 bits per heavy atom. The minimum Gasteiger partial charge on any atom is -0.457 e. The Morgan fingerprint density at radius 2 is 1.67 bits per heavy atom. The van der Waals surface area contributed by atoms with Crippen LogP contribution in [0, 0.1) is 11.6 Å². The van der Waals surface area contributed by atoms with Gasteiger partial charge in [0.05, 0.1) is 12.1 Å². The van der Waals surface area contributed by atoms with E-state index in [1.807, 2.05) is 0 Å². The third kappa shape index (κ3) is 2.40. The first kappa shape index (κ1) is 14.4. The molecule has 0 spiro atoms. The van der Waals surface area contributed by atoms with Gasteiger partial charge in [-0.2, -0.15) is 0 Å². The van der Waals surface area contributed by atoms with Crippen molar-refractivity contribution in [2.24, 2.45) is 0 Å². The third-order valence-corrected chi connectivity index (χ3v) is 3.71. The lowest BCUT2D eigenvalue weighted by Crippen LogP contribution is -2.25. The topological polar surface area (TPSA) is 64.4 Å². The van der Waals surface area contributed by atoms with Crippen LogP contribution in [-0.2, 0) is 4.79 Å². The number of ether oxygens (including phenoxy) is 1. The number of amides is 1. The van der Waals surface area contributed by atoms with Crippen molar-refractivity contribution >= 4 is 11.9 Å². The van der Waals surface area contributed by atoms with Crippen LogP contribution in [0.25, 0.3) is 0 Å². The Kier molecular flexibility index (Phi) is 3.26. The number of hydrogen-bond donors (Lipinski definition) is 1. The highest BCUT2D eigenvalue weighted by molar-refractivity contribution is 5.98. The number of hydrogen-bond acceptors (Lipinski definition) is 4. The first-order valence-corrected chi connectivity index (χ1v) is 7.09. The van der Waals surface area contributed by atoms with E-state index in [2.05, 4.69) is 10.3 Å². The molecule has 0 unspecified atom stereocenters. The lowest BCUT2D eigenvalue weighted by atomic mass is 9.87. The van der Waals surface area contributed by atoms with Crippen LogP contribution in [0.1, 0.15) is 17.0 Å². The average molecular weight is 328 g/mol. The van der Waals surface area contributed by atoms with Gasteiger partial charge >= 0.3 is 6.01 Å². The average Bonchev–Trinajstić information content (AvgIpc) is 3.05. The zero-order valence-corrected chi connectivity index (χ0v) is 12.1. The summed E-state index contributed by atoms with van der Waals surface area (Å²) in [5.74, 6) is -1.86. The molecule has 1 N–H and O–H groups in total. The molecule has 1 aliphatic heterocycles. The van der Waals surface area contributed by atoms with Gasteiger partial charge in [-0.25, -0.2) is 13.8 Å². The minimum atomic E-state index is -0.956. The number of aromatic nitrogens is 1. The van der Waals surface area contributed by atoms with E-state index < -0.39 is 23.5 Å². The first-order valence-electron chi connectivity index (χ1n) is 7.09. The summed E-state index contributed by atoms with van der Waals surface area (Å²) in [4.78, 5) is 16.5. The van der Waals surface area contributed by atoms with E-state index in [0.717, 1.165) is 0 Å². The highest BCUT2D eigenvalue weighted by Crippen LogP contribution is 2.45. The maximum Gasteiger partial charge on any atom is 0.301 e. The number of oxazole rings is 1. The molecule has 0 fully saturated rings. The van der Waals surface area contributed by atoms with Gasteiger partial charge in [-0.1, -0.05) is 0 Å². The summed E-state index contributed by atoms with van der Waals surface area (Å²) in [5, 5.41) is 2.50. The molecule has 24 heavy (non-hydrogen) atoms. The largest absolute Gasteiger partial charge is 0.457 e. The molecule has 1 aliphatic rings. The Labute approximate surface area is 134 Å². The van der Waals surface area contributed by atoms with Gasteiger partial charge in [0.2, 0.25) is 5.91 Å². The number of carbonyl (C=O) groups excluding carboxylic acids is 1. The van der Waals surface area contributed by atoms with Gasteiger partial charge in [0.1, 0.15) is 29.4 Å². The summed E-state index contributed by atoms with van der Waals surface area (Å²) < 4.78 is 38.0. The summed E-state index contributed by atoms with van der Waals surface area (Å²) in [6, 6.07) is 7.73. The van der Waals surface area contributed by atoms with Gasteiger partial charge in [-0.05, 0) is 36.4 Å². The van der Waals surface area contributed by atoms with E-state index in [9.17, 15) is 13.6 Å². The standard InChI is InChI=1S/C17H10F2N2O3/c18-9-1-3-13-11(7-9)15(16(22)21-17-20-5-6-23-17)12-8-10(19)2-4-14(12)24-13/h1-8,15H,(H,20,21,22). The molecule has 0 atom stereocenters. The zero-order valence-electron chi connectivity index (χ0n) is 12.1. The lowest BCUT2D eigenvalue weighted by molar-refractivity contribution is -0.117. The molecule has 3 aromatic rings. The Balaban J connectivity index is 1.83. The Hall–Kier alpha value is -3.22. The number of halogens is 2. The van der Waals surface area contributed by atoms with Gasteiger partial charge in [-0.3, -0.25) is 10.1 Å². The quantitative estimate of drug-likeness (QED) is 0.776. The molecule has 0 saturated heterocycles. The van der Waals surface area contributed by atoms with E-state index in [1.165, 1.54) is 48.9 Å². The van der Waals surface area contributed by atoms with Crippen molar-refractivity contribution in [3.63, 3.8) is 0 Å². The summed E-state index contributed by atoms with van der Waals surface area (Å²) in [7, 11) is 0. The van der Waals surface area contributed by atoms with Gasteiger partial charge in [0, 0.05) is 11.1 Å². The van der Waals surface area contributed by atoms with Gasteiger partial charge < -0.3 is 9.15 Å². The Morgan fingerprint density at radius 3 is 2.21 bits per heavy atom. The monoisotopic (exact) mass is 328 g/mol. The number of nitrogens with zero attached hydrogens (tertiary/aromatic N) is 1. The molecule has 2 aromatic carbocycles. The predicted molar refractivity (Wildman–Crippen MR) is 79.8 cm³/mol. The number of nitrogens with one attached hydrogen (secondary N) is 1. The molecule has 0 bridgehead atoms. The van der Waals surface area contributed by atoms with Crippen LogP contribution in [0.5, 0.6) is 11.5 Å². The third-order valence-electron chi connectivity index (χ3n) is 3.71. The normalized spacial score (nSPS) is 12.9. The zero-order chi connectivity index (χ0) is 16.7. The number of benzene rings is 2. The molecule has 2 heterocycles. The molecular weight excluding hydrogens is 318 g/mol. The molecule has 0 radical (unpaired) electrons. The maximum atomic E-state index is 13.7. The molecule has 5 nitrogen and oxygen atoms in total. The van der Waals surface area contributed by atoms with Crippen LogP contribution in [0.15, 0.2) is 53.3 Å². The first-order chi connectivity index (χ1) is 11.6. The molecule has 1 aromatic heterocycles. The number of fused-ring (bicyclic) bond motifs is 2. The molecular formula is C17H10F2N2O3. The van der Waals surface area contributed by atoms with Crippen LogP contribution in [0.2, 0.25) is 0 Å². The second-order valence-corrected chi connectivity index (χ2v) is 5.23. The van der Waals surface area contributed by atoms with E-state index in [0.29, 0.717) is 22.6 Å². The SMILES string of the molecule is O=C(Nc1ncco1)C1c2cc(F)ccc2Oc2ccc(F)cc21. The number of anilines is 1. The molecule has 7 heteroatoms. The fourth-order valence-electron chi connectivity index (χ4n) is 2.71. The van der Waals surface area contributed by atoms with Gasteiger partial charge in [-0.15, -0.1) is 0 Å². The van der Waals surface area contributed by atoms with E-state index in [4.69, 9.17) is 9.15 Å². The van der Waals surface area contributed by atoms with Crippen molar-refractivity contribution in [1.29, 1.82) is 0 Å². The van der Waals surface area contributed by atoms with Gasteiger partial charge in [0.15, 0.2) is 0 Å². The highest BCUT2D eigenvalue weighted by Gasteiger charge is 2.34. The van der Waals surface area contributed by atoms with Crippen molar-refractivity contribution in [3.05, 3.63) is 71.6 Å². The summed E-state index contributed by atoms with van der Waals surface area (Å²) in [5.41, 5.74) is 0.606. The fourth-order valence-corrected chi connectivity index (χ4v) is 2.71. The molecule has 120 valence electrons. The molecule has 0 aliphatic carbocycles. The molecule has 4 rings (SSSR count). The van der Waals surface area contributed by atoms with Crippen molar-refractivity contribution in [3.8, 4) is 11.5 Å². The second kappa shape index (κ2) is 5.45. The highest BCUT2D eigenvalue weighted by atomic mass is 19.1. The van der Waals surface area contributed by atoms with Crippen molar-refractivity contribution in [2.45, 2.75) is 5.92 Å². The Bertz CT molecular complexity index is 874. The van der Waals surface area contributed by atoms with Crippen LogP contribution in [0.4, 0.5) is 14.8 Å². The summed E-state index contributed by atoms with van der Waals surface area (Å²) in [6.07, 6.45) is 2.68. The summed E-state index contributed by atoms with van der Waals surface area (Å²) in [6.45, 7) is 0. The minimum absolute atomic E-state index is 0.00222. The van der Waals surface area contributed by atoms with E-state index in [1.54, 1.807) is 0 Å². The number of carbonyl (C=O) groups is 1. The van der Waals surface area contributed by atoms with E-state index in [-0.39, 0.29) is 6.01 Å². The molecule has 1 amide bonds. The maximum absolute atomic E-state index is 13.7. The molecule has 0 saturated carbocycles. The second-order valence-electron chi connectivity index (χ2n) is 5.23. The van der Waals surface area contributed by atoms with Crippen molar-refractivity contribution < 1.29 is 22.7 Å². The smallest absolute Gasteiger partial charge is 0.301 e.